The van der Waals surface area contributed by atoms with Crippen molar-refractivity contribution in [3.63, 3.8) is 0 Å². The Morgan fingerprint density at radius 1 is 0.950 bits per heavy atom. The molecule has 0 unspecified atom stereocenters. The Morgan fingerprint density at radius 2 is 1.60 bits per heavy atom. The molecule has 0 aromatic heterocycles. The van der Waals surface area contributed by atoms with Gasteiger partial charge >= 0.3 is 0 Å². The van der Waals surface area contributed by atoms with E-state index < -0.39 is 20.9 Å². The third kappa shape index (κ3) is 6.96. The van der Waals surface area contributed by atoms with Gasteiger partial charge in [-0.1, -0.05) is 47.5 Å². The second-order valence-corrected chi connectivity index (χ2v) is 11.3. The van der Waals surface area contributed by atoms with Gasteiger partial charge in [0.2, 0.25) is 0 Å². The van der Waals surface area contributed by atoms with Crippen LogP contribution in [0.15, 0.2) is 95.9 Å². The van der Waals surface area contributed by atoms with Crippen molar-refractivity contribution in [2.75, 3.05) is 16.2 Å². The zero-order chi connectivity index (χ0) is 28.9. The number of nitrogens with one attached hydrogen (secondary N) is 1. The number of benzene rings is 4. The lowest BCUT2D eigenvalue weighted by Gasteiger charge is -2.25. The number of ether oxygens (including phenoxy) is 1. The SMILES string of the molecule is Cc1ccc(S(=O)(=O)N(Cc2ccc(Cl)cc2)c2ccc(OCC(=O)Nc3cc([N+](=O)[O-])ccc3C)cc2)cc1. The van der Waals surface area contributed by atoms with E-state index in [9.17, 15) is 23.3 Å². The lowest BCUT2D eigenvalue weighted by Crippen LogP contribution is -2.30. The van der Waals surface area contributed by atoms with Crippen LogP contribution in [0.2, 0.25) is 5.02 Å². The van der Waals surface area contributed by atoms with E-state index in [1.807, 2.05) is 6.92 Å². The first-order chi connectivity index (χ1) is 19.0. The molecule has 0 aliphatic rings. The van der Waals surface area contributed by atoms with E-state index in [0.717, 1.165) is 11.1 Å². The molecule has 40 heavy (non-hydrogen) atoms. The lowest BCUT2D eigenvalue weighted by atomic mass is 10.2. The summed E-state index contributed by atoms with van der Waals surface area (Å²) in [7, 11) is -3.92. The maximum atomic E-state index is 13.7. The zero-order valence-electron chi connectivity index (χ0n) is 21.7. The van der Waals surface area contributed by atoms with Crippen LogP contribution in [0.25, 0.3) is 0 Å². The van der Waals surface area contributed by atoms with Gasteiger partial charge in [-0.2, -0.15) is 0 Å². The molecule has 9 nitrogen and oxygen atoms in total. The van der Waals surface area contributed by atoms with Gasteiger partial charge in [0.25, 0.3) is 21.6 Å². The zero-order valence-corrected chi connectivity index (χ0v) is 23.3. The van der Waals surface area contributed by atoms with Crippen molar-refractivity contribution in [2.45, 2.75) is 25.3 Å². The maximum Gasteiger partial charge on any atom is 0.271 e. The van der Waals surface area contributed by atoms with Crippen LogP contribution in [-0.4, -0.2) is 25.9 Å². The fraction of sp³-hybridized carbons (Fsp3) is 0.138. The molecular weight excluding hydrogens is 554 g/mol. The molecule has 0 heterocycles. The van der Waals surface area contributed by atoms with E-state index in [-0.39, 0.29) is 23.7 Å². The number of halogens is 1. The molecule has 0 saturated carbocycles. The molecule has 0 saturated heterocycles. The Morgan fingerprint density at radius 3 is 2.23 bits per heavy atom. The molecule has 4 aromatic carbocycles. The monoisotopic (exact) mass is 579 g/mol. The number of sulfonamides is 1. The van der Waals surface area contributed by atoms with Crippen molar-refractivity contribution in [3.05, 3.63) is 123 Å². The molecule has 1 amide bonds. The summed E-state index contributed by atoms with van der Waals surface area (Å²) in [5.41, 5.74) is 2.93. The van der Waals surface area contributed by atoms with Gasteiger partial charge in [-0.25, -0.2) is 8.42 Å². The summed E-state index contributed by atoms with van der Waals surface area (Å²) < 4.78 is 34.2. The van der Waals surface area contributed by atoms with E-state index >= 15 is 0 Å². The highest BCUT2D eigenvalue weighted by atomic mass is 35.5. The molecule has 0 aliphatic carbocycles. The smallest absolute Gasteiger partial charge is 0.271 e. The first-order valence-electron chi connectivity index (χ1n) is 12.1. The summed E-state index contributed by atoms with van der Waals surface area (Å²) in [6.07, 6.45) is 0. The van der Waals surface area contributed by atoms with Gasteiger partial charge in [-0.3, -0.25) is 19.2 Å². The number of hydrogen-bond acceptors (Lipinski definition) is 6. The largest absolute Gasteiger partial charge is 0.484 e. The number of hydrogen-bond donors (Lipinski definition) is 1. The topological polar surface area (TPSA) is 119 Å². The first kappa shape index (κ1) is 28.6. The number of amides is 1. The Hall–Kier alpha value is -4.41. The fourth-order valence-corrected chi connectivity index (χ4v) is 5.39. The minimum Gasteiger partial charge on any atom is -0.484 e. The second-order valence-electron chi connectivity index (χ2n) is 9.04. The Balaban J connectivity index is 1.51. The highest BCUT2D eigenvalue weighted by Crippen LogP contribution is 2.29. The summed E-state index contributed by atoms with van der Waals surface area (Å²) >= 11 is 6.01. The quantitative estimate of drug-likeness (QED) is 0.174. The molecule has 0 radical (unpaired) electrons. The number of carbonyl (C=O) groups is 1. The van der Waals surface area contributed by atoms with Gasteiger partial charge in [0.1, 0.15) is 5.75 Å². The van der Waals surface area contributed by atoms with E-state index in [4.69, 9.17) is 16.3 Å². The average molecular weight is 580 g/mol. The molecule has 4 rings (SSSR count). The van der Waals surface area contributed by atoms with Crippen LogP contribution >= 0.6 is 11.6 Å². The van der Waals surface area contributed by atoms with Crippen LogP contribution in [0, 0.1) is 24.0 Å². The molecule has 0 fully saturated rings. The van der Waals surface area contributed by atoms with Crippen LogP contribution in [0.5, 0.6) is 5.75 Å². The standard InChI is InChI=1S/C29H26ClN3O6S/c1-20-3-15-27(16-4-20)40(37,38)32(18-22-6-8-23(30)9-7-22)24-11-13-26(14-12-24)39-19-29(34)31-28-17-25(33(35)36)10-5-21(28)2/h3-17H,18-19H2,1-2H3,(H,31,34). The number of nitro groups is 1. The number of carbonyl (C=O) groups excluding carboxylic acids is 1. The number of nitro benzene ring substituents is 1. The van der Waals surface area contributed by atoms with Gasteiger partial charge in [0, 0.05) is 17.2 Å². The van der Waals surface area contributed by atoms with Crippen LogP contribution < -0.4 is 14.4 Å². The molecule has 4 aromatic rings. The van der Waals surface area contributed by atoms with E-state index in [1.165, 1.54) is 16.4 Å². The molecular formula is C29H26ClN3O6S. The Kier molecular flexibility index (Phi) is 8.71. The number of nitrogens with zero attached hydrogens (tertiary/aromatic N) is 2. The summed E-state index contributed by atoms with van der Waals surface area (Å²) in [4.78, 5) is 23.1. The molecule has 0 bridgehead atoms. The molecule has 206 valence electrons. The number of non-ortho nitro benzene ring substituents is 1. The van der Waals surface area contributed by atoms with Crippen molar-refractivity contribution < 1.29 is 22.9 Å². The average Bonchev–Trinajstić information content (AvgIpc) is 2.93. The lowest BCUT2D eigenvalue weighted by molar-refractivity contribution is -0.384. The van der Waals surface area contributed by atoms with Gasteiger partial charge in [0.05, 0.1) is 27.7 Å². The van der Waals surface area contributed by atoms with E-state index in [0.29, 0.717) is 27.7 Å². The first-order valence-corrected chi connectivity index (χ1v) is 14.0. The van der Waals surface area contributed by atoms with Gasteiger partial charge in [0.15, 0.2) is 6.61 Å². The third-order valence-corrected chi connectivity index (χ3v) is 8.09. The molecule has 0 atom stereocenters. The highest BCUT2D eigenvalue weighted by Gasteiger charge is 2.25. The minimum atomic E-state index is -3.92. The predicted molar refractivity (Wildman–Crippen MR) is 154 cm³/mol. The second kappa shape index (κ2) is 12.2. The van der Waals surface area contributed by atoms with Crippen LogP contribution in [-0.2, 0) is 21.4 Å². The number of rotatable bonds is 10. The van der Waals surface area contributed by atoms with Crippen molar-refractivity contribution >= 4 is 44.6 Å². The summed E-state index contributed by atoms with van der Waals surface area (Å²) in [5, 5.41) is 14.2. The molecule has 0 spiro atoms. The highest BCUT2D eigenvalue weighted by molar-refractivity contribution is 7.92. The number of anilines is 2. The molecule has 11 heteroatoms. The minimum absolute atomic E-state index is 0.0680. The summed E-state index contributed by atoms with van der Waals surface area (Å²) in [5.74, 6) is -0.159. The number of aryl methyl sites for hydroxylation is 2. The van der Waals surface area contributed by atoms with Crippen molar-refractivity contribution in [3.8, 4) is 5.75 Å². The van der Waals surface area contributed by atoms with Crippen molar-refractivity contribution in [1.29, 1.82) is 0 Å². The van der Waals surface area contributed by atoms with E-state index in [1.54, 1.807) is 85.8 Å². The van der Waals surface area contributed by atoms with Gasteiger partial charge in [-0.15, -0.1) is 0 Å². The maximum absolute atomic E-state index is 13.7. The summed E-state index contributed by atoms with van der Waals surface area (Å²) in [6, 6.07) is 24.1. The third-order valence-electron chi connectivity index (χ3n) is 6.05. The predicted octanol–water partition coefficient (Wildman–Crippen LogP) is 6.28. The van der Waals surface area contributed by atoms with Crippen LogP contribution in [0.4, 0.5) is 17.1 Å². The fourth-order valence-electron chi connectivity index (χ4n) is 3.81. The van der Waals surface area contributed by atoms with Crippen LogP contribution in [0.3, 0.4) is 0 Å². The van der Waals surface area contributed by atoms with Crippen LogP contribution in [0.1, 0.15) is 16.7 Å². The van der Waals surface area contributed by atoms with Gasteiger partial charge in [-0.05, 0) is 73.5 Å². The Labute approximate surface area is 237 Å². The van der Waals surface area contributed by atoms with Crippen molar-refractivity contribution in [1.82, 2.24) is 0 Å². The summed E-state index contributed by atoms with van der Waals surface area (Å²) in [6.45, 7) is 3.32. The normalized spacial score (nSPS) is 11.1. The van der Waals surface area contributed by atoms with Gasteiger partial charge < -0.3 is 10.1 Å². The van der Waals surface area contributed by atoms with E-state index in [2.05, 4.69) is 5.32 Å². The van der Waals surface area contributed by atoms with Crippen molar-refractivity contribution in [2.24, 2.45) is 0 Å². The molecule has 1 N–H and O–H groups in total. The Bertz CT molecular complexity index is 1620. The molecule has 0 aliphatic heterocycles.